The second-order valence-corrected chi connectivity index (χ2v) is 8.18. The van der Waals surface area contributed by atoms with Crippen LogP contribution in [0.5, 0.6) is 0 Å². The molecule has 1 N–H and O–H groups in total. The fraction of sp³-hybridized carbons (Fsp3) is 0.529. The molecule has 0 radical (unpaired) electrons. The standard InChI is InChI=1S/C17H24N2O5S/c1-4-18(5-2)16(20)13-6-8-14(9-7-13)25(23,24)19-10-12(3)15(11-19)17(21)22/h6-9,12,15H,4-5,10-11H2,1-3H3,(H,21,22)/t12-,15-/m1/s1. The highest BCUT2D eigenvalue weighted by molar-refractivity contribution is 7.89. The number of hydrogen-bond donors (Lipinski definition) is 1. The van der Waals surface area contributed by atoms with Gasteiger partial charge < -0.3 is 10.0 Å². The van der Waals surface area contributed by atoms with Crippen LogP contribution in [-0.4, -0.2) is 60.8 Å². The molecule has 0 aromatic heterocycles. The molecule has 0 aliphatic carbocycles. The Morgan fingerprint density at radius 1 is 1.16 bits per heavy atom. The lowest BCUT2D eigenvalue weighted by molar-refractivity contribution is -0.142. The smallest absolute Gasteiger partial charge is 0.308 e. The van der Waals surface area contributed by atoms with E-state index in [1.165, 1.54) is 28.6 Å². The number of amides is 1. The minimum absolute atomic E-state index is 0.0288. The van der Waals surface area contributed by atoms with Crippen LogP contribution in [0.25, 0.3) is 0 Å². The SMILES string of the molecule is CCN(CC)C(=O)c1ccc(S(=O)(=O)N2C[C@@H](C)[C@H](C(=O)O)C2)cc1. The van der Waals surface area contributed by atoms with E-state index in [4.69, 9.17) is 0 Å². The second kappa shape index (κ2) is 7.53. The number of aliphatic carboxylic acids is 1. The van der Waals surface area contributed by atoms with E-state index >= 15 is 0 Å². The summed E-state index contributed by atoms with van der Waals surface area (Å²) in [6.45, 7) is 6.81. The first-order valence-corrected chi connectivity index (χ1v) is 9.78. The Kier molecular flexibility index (Phi) is 5.84. The number of carboxylic acids is 1. The average Bonchev–Trinajstić information content (AvgIpc) is 2.99. The Labute approximate surface area is 148 Å². The summed E-state index contributed by atoms with van der Waals surface area (Å²) in [5.74, 6) is -2.06. The molecule has 1 aliphatic rings. The molecule has 0 spiro atoms. The number of carboxylic acid groups (broad SMARTS) is 1. The molecule has 2 rings (SSSR count). The van der Waals surface area contributed by atoms with Crippen LogP contribution in [0.3, 0.4) is 0 Å². The van der Waals surface area contributed by atoms with Crippen LogP contribution >= 0.6 is 0 Å². The number of hydrogen-bond acceptors (Lipinski definition) is 4. The van der Waals surface area contributed by atoms with Gasteiger partial charge in [0.1, 0.15) is 0 Å². The van der Waals surface area contributed by atoms with Crippen LogP contribution in [0.2, 0.25) is 0 Å². The Morgan fingerprint density at radius 3 is 2.16 bits per heavy atom. The van der Waals surface area contributed by atoms with Gasteiger partial charge in [-0.3, -0.25) is 9.59 Å². The zero-order chi connectivity index (χ0) is 18.8. The monoisotopic (exact) mass is 368 g/mol. The summed E-state index contributed by atoms with van der Waals surface area (Å²) >= 11 is 0. The molecule has 1 aliphatic heterocycles. The number of nitrogens with zero attached hydrogens (tertiary/aromatic N) is 2. The van der Waals surface area contributed by atoms with E-state index in [1.54, 1.807) is 11.8 Å². The lowest BCUT2D eigenvalue weighted by Gasteiger charge is -2.19. The Bertz CT molecular complexity index is 741. The minimum atomic E-state index is -3.77. The van der Waals surface area contributed by atoms with E-state index in [2.05, 4.69) is 0 Å². The highest BCUT2D eigenvalue weighted by atomic mass is 32.2. The fourth-order valence-corrected chi connectivity index (χ4v) is 4.62. The molecular weight excluding hydrogens is 344 g/mol. The van der Waals surface area contributed by atoms with Crippen LogP contribution in [0, 0.1) is 11.8 Å². The van der Waals surface area contributed by atoms with Gasteiger partial charge in [-0.2, -0.15) is 4.31 Å². The number of rotatable bonds is 6. The van der Waals surface area contributed by atoms with Gasteiger partial charge in [0.15, 0.2) is 0 Å². The van der Waals surface area contributed by atoms with Crippen molar-refractivity contribution in [3.63, 3.8) is 0 Å². The number of carbonyl (C=O) groups is 2. The van der Waals surface area contributed by atoms with Gasteiger partial charge in [0.2, 0.25) is 10.0 Å². The van der Waals surface area contributed by atoms with Crippen molar-refractivity contribution in [2.45, 2.75) is 25.7 Å². The summed E-state index contributed by atoms with van der Waals surface area (Å²) < 4.78 is 26.6. The number of carbonyl (C=O) groups excluding carboxylic acids is 1. The van der Waals surface area contributed by atoms with E-state index < -0.39 is 21.9 Å². The summed E-state index contributed by atoms with van der Waals surface area (Å²) in [5.41, 5.74) is 0.431. The molecular formula is C17H24N2O5S. The highest BCUT2D eigenvalue weighted by Gasteiger charge is 2.40. The van der Waals surface area contributed by atoms with Crippen LogP contribution in [-0.2, 0) is 14.8 Å². The van der Waals surface area contributed by atoms with E-state index in [9.17, 15) is 23.1 Å². The molecule has 8 heteroatoms. The molecule has 1 fully saturated rings. The van der Waals surface area contributed by atoms with Crippen molar-refractivity contribution in [3.05, 3.63) is 29.8 Å². The van der Waals surface area contributed by atoms with Crippen molar-refractivity contribution in [2.75, 3.05) is 26.2 Å². The molecule has 0 saturated carbocycles. The molecule has 1 saturated heterocycles. The third-order valence-electron chi connectivity index (χ3n) is 4.69. The van der Waals surface area contributed by atoms with Gasteiger partial charge in [-0.05, 0) is 44.0 Å². The summed E-state index contributed by atoms with van der Waals surface area (Å²) in [4.78, 5) is 25.2. The summed E-state index contributed by atoms with van der Waals surface area (Å²) in [6.07, 6.45) is 0. The molecule has 1 heterocycles. The molecule has 1 aromatic rings. The maximum Gasteiger partial charge on any atom is 0.308 e. The average molecular weight is 368 g/mol. The van der Waals surface area contributed by atoms with Gasteiger partial charge in [-0.15, -0.1) is 0 Å². The van der Waals surface area contributed by atoms with E-state index in [1.807, 2.05) is 13.8 Å². The molecule has 1 amide bonds. The first kappa shape index (κ1) is 19.4. The molecule has 138 valence electrons. The minimum Gasteiger partial charge on any atom is -0.481 e. The van der Waals surface area contributed by atoms with Crippen LogP contribution in [0.15, 0.2) is 29.2 Å². The Morgan fingerprint density at radius 2 is 1.72 bits per heavy atom. The predicted octanol–water partition coefficient (Wildman–Crippen LogP) is 1.51. The van der Waals surface area contributed by atoms with Crippen LogP contribution in [0.1, 0.15) is 31.1 Å². The van der Waals surface area contributed by atoms with Crippen molar-refractivity contribution in [1.29, 1.82) is 0 Å². The maximum atomic E-state index is 12.7. The van der Waals surface area contributed by atoms with Crippen molar-refractivity contribution >= 4 is 21.9 Å². The lowest BCUT2D eigenvalue weighted by atomic mass is 9.99. The third-order valence-corrected chi connectivity index (χ3v) is 6.53. The normalized spacial score (nSPS) is 21.2. The fourth-order valence-electron chi connectivity index (χ4n) is 3.05. The quantitative estimate of drug-likeness (QED) is 0.821. The van der Waals surface area contributed by atoms with E-state index in [0.717, 1.165) is 0 Å². The third kappa shape index (κ3) is 3.85. The van der Waals surface area contributed by atoms with Crippen molar-refractivity contribution in [2.24, 2.45) is 11.8 Å². The Hall–Kier alpha value is -1.93. The van der Waals surface area contributed by atoms with Gasteiger partial charge in [0.05, 0.1) is 10.8 Å². The van der Waals surface area contributed by atoms with Crippen molar-refractivity contribution in [3.8, 4) is 0 Å². The zero-order valence-electron chi connectivity index (χ0n) is 14.7. The van der Waals surface area contributed by atoms with Gasteiger partial charge in [0.25, 0.3) is 5.91 Å². The van der Waals surface area contributed by atoms with Crippen LogP contribution < -0.4 is 0 Å². The molecule has 0 bridgehead atoms. The first-order chi connectivity index (χ1) is 11.7. The van der Waals surface area contributed by atoms with E-state index in [-0.39, 0.29) is 29.8 Å². The largest absolute Gasteiger partial charge is 0.481 e. The lowest BCUT2D eigenvalue weighted by Crippen LogP contribution is -2.31. The summed E-state index contributed by atoms with van der Waals surface area (Å²) in [7, 11) is -3.77. The van der Waals surface area contributed by atoms with E-state index in [0.29, 0.717) is 18.7 Å². The topological polar surface area (TPSA) is 95.0 Å². The first-order valence-electron chi connectivity index (χ1n) is 8.34. The second-order valence-electron chi connectivity index (χ2n) is 6.25. The van der Waals surface area contributed by atoms with Crippen molar-refractivity contribution in [1.82, 2.24) is 9.21 Å². The molecule has 2 atom stereocenters. The highest BCUT2D eigenvalue weighted by Crippen LogP contribution is 2.28. The van der Waals surface area contributed by atoms with Gasteiger partial charge in [0, 0.05) is 31.7 Å². The molecule has 0 unspecified atom stereocenters. The summed E-state index contributed by atoms with van der Waals surface area (Å²) in [5, 5.41) is 9.17. The molecule has 1 aromatic carbocycles. The number of benzene rings is 1. The maximum absolute atomic E-state index is 12.7. The molecule has 25 heavy (non-hydrogen) atoms. The van der Waals surface area contributed by atoms with Gasteiger partial charge in [-0.25, -0.2) is 8.42 Å². The predicted molar refractivity (Wildman–Crippen MR) is 92.7 cm³/mol. The van der Waals surface area contributed by atoms with Gasteiger partial charge >= 0.3 is 5.97 Å². The number of sulfonamides is 1. The van der Waals surface area contributed by atoms with Crippen molar-refractivity contribution < 1.29 is 23.1 Å². The Balaban J connectivity index is 2.21. The zero-order valence-corrected chi connectivity index (χ0v) is 15.5. The van der Waals surface area contributed by atoms with Gasteiger partial charge in [-0.1, -0.05) is 6.92 Å². The summed E-state index contributed by atoms with van der Waals surface area (Å²) in [6, 6.07) is 5.82. The molecule has 7 nitrogen and oxygen atoms in total. The van der Waals surface area contributed by atoms with Crippen LogP contribution in [0.4, 0.5) is 0 Å².